The van der Waals surface area contributed by atoms with Gasteiger partial charge >= 0.3 is 0 Å². The van der Waals surface area contributed by atoms with Crippen molar-refractivity contribution >= 4 is 38.4 Å². The van der Waals surface area contributed by atoms with Gasteiger partial charge in [0.15, 0.2) is 5.78 Å². The average Bonchev–Trinajstić information content (AvgIpc) is 3.04. The lowest BCUT2D eigenvalue weighted by Crippen LogP contribution is -1.90. The minimum Gasteiger partial charge on any atom is -0.361 e. The molecule has 92 valence electrons. The van der Waals surface area contributed by atoms with Crippen LogP contribution in [-0.4, -0.2) is 15.8 Å². The predicted molar refractivity (Wildman–Crippen MR) is 77.7 cm³/mol. The lowest BCUT2D eigenvalue weighted by molar-refractivity contribution is 0.101. The summed E-state index contributed by atoms with van der Waals surface area (Å²) in [5, 5.41) is 4.58. The van der Waals surface area contributed by atoms with Gasteiger partial charge in [-0.25, -0.2) is 0 Å². The Balaban J connectivity index is 2.21. The lowest BCUT2D eigenvalue weighted by Gasteiger charge is -2.01. The van der Waals surface area contributed by atoms with E-state index in [1.54, 1.807) is 6.92 Å². The number of Topliss-reactive ketones (excluding diaryl/α,β-unsaturated/α-hetero) is 1. The van der Waals surface area contributed by atoms with Gasteiger partial charge in [-0.05, 0) is 12.1 Å². The molecule has 0 saturated carbocycles. The second-order valence-corrected chi connectivity index (χ2v) is 4.87. The molecule has 3 nitrogen and oxygen atoms in total. The molecule has 0 amide bonds. The summed E-state index contributed by atoms with van der Waals surface area (Å²) in [5.74, 6) is 0.0605. The third-order valence-corrected chi connectivity index (χ3v) is 3.69. The molecule has 0 saturated heterocycles. The van der Waals surface area contributed by atoms with E-state index in [2.05, 4.69) is 40.3 Å². The van der Waals surface area contributed by atoms with Crippen LogP contribution in [0, 0.1) is 0 Å². The summed E-state index contributed by atoms with van der Waals surface area (Å²) in [7, 11) is 0. The Morgan fingerprint density at radius 2 is 1.68 bits per heavy atom. The molecule has 2 aromatic carbocycles. The zero-order chi connectivity index (χ0) is 13.0. The van der Waals surface area contributed by atoms with Crippen molar-refractivity contribution in [3.05, 3.63) is 48.3 Å². The van der Waals surface area contributed by atoms with Gasteiger partial charge in [-0.3, -0.25) is 4.79 Å². The molecular weight excluding hydrogens is 236 g/mol. The van der Waals surface area contributed by atoms with Gasteiger partial charge in [0.25, 0.3) is 0 Å². The van der Waals surface area contributed by atoms with Crippen molar-refractivity contribution in [2.75, 3.05) is 0 Å². The SMILES string of the molecule is CC(=O)c1cc2ccc3c(ccc4cc[nH]c43)c2[nH]1. The van der Waals surface area contributed by atoms with Crippen LogP contribution in [0.25, 0.3) is 32.6 Å². The van der Waals surface area contributed by atoms with Gasteiger partial charge < -0.3 is 9.97 Å². The maximum Gasteiger partial charge on any atom is 0.175 e. The number of benzene rings is 2. The Bertz CT molecular complexity index is 943. The quantitative estimate of drug-likeness (QED) is 0.491. The number of rotatable bonds is 1. The highest BCUT2D eigenvalue weighted by Gasteiger charge is 2.09. The van der Waals surface area contributed by atoms with E-state index in [-0.39, 0.29) is 5.78 Å². The molecule has 0 fully saturated rings. The third kappa shape index (κ3) is 1.35. The van der Waals surface area contributed by atoms with Crippen LogP contribution in [-0.2, 0) is 0 Å². The van der Waals surface area contributed by atoms with Gasteiger partial charge in [0.2, 0.25) is 0 Å². The highest BCUT2D eigenvalue weighted by atomic mass is 16.1. The number of carbonyl (C=O) groups excluding carboxylic acids is 1. The molecule has 0 atom stereocenters. The maximum absolute atomic E-state index is 11.5. The van der Waals surface area contributed by atoms with E-state index in [0.717, 1.165) is 21.8 Å². The Labute approximate surface area is 109 Å². The number of H-pyrrole nitrogens is 2. The molecule has 0 bridgehead atoms. The summed E-state index contributed by atoms with van der Waals surface area (Å²) in [6.45, 7) is 1.58. The van der Waals surface area contributed by atoms with Crippen molar-refractivity contribution in [3.63, 3.8) is 0 Å². The van der Waals surface area contributed by atoms with Crippen LogP contribution >= 0.6 is 0 Å². The van der Waals surface area contributed by atoms with Gasteiger partial charge in [-0.2, -0.15) is 0 Å². The Kier molecular flexibility index (Phi) is 1.90. The van der Waals surface area contributed by atoms with Crippen molar-refractivity contribution in [1.29, 1.82) is 0 Å². The number of carbonyl (C=O) groups is 1. The molecule has 3 heteroatoms. The molecule has 0 aliphatic heterocycles. The van der Waals surface area contributed by atoms with Gasteiger partial charge in [-0.1, -0.05) is 24.3 Å². The summed E-state index contributed by atoms with van der Waals surface area (Å²) in [6.07, 6.45) is 1.95. The number of hydrogen-bond donors (Lipinski definition) is 2. The van der Waals surface area contributed by atoms with E-state index in [1.165, 1.54) is 10.8 Å². The maximum atomic E-state index is 11.5. The summed E-state index contributed by atoms with van der Waals surface area (Å²) in [4.78, 5) is 18.0. The fraction of sp³-hybridized carbons (Fsp3) is 0.0625. The summed E-state index contributed by atoms with van der Waals surface area (Å²) in [5.41, 5.74) is 2.83. The standard InChI is InChI=1S/C16H12N2O/c1-9(19)14-8-11-3-5-12-13(16(11)18-14)4-2-10-6-7-17-15(10)12/h2-8,17-18H,1H3. The van der Waals surface area contributed by atoms with Crippen molar-refractivity contribution in [3.8, 4) is 0 Å². The van der Waals surface area contributed by atoms with Gasteiger partial charge in [-0.15, -0.1) is 0 Å². The number of aromatic nitrogens is 2. The molecule has 0 spiro atoms. The van der Waals surface area contributed by atoms with Crippen molar-refractivity contribution in [2.24, 2.45) is 0 Å². The van der Waals surface area contributed by atoms with Crippen LogP contribution in [0.15, 0.2) is 42.6 Å². The van der Waals surface area contributed by atoms with E-state index >= 15 is 0 Å². The van der Waals surface area contributed by atoms with Gasteiger partial charge in [0.1, 0.15) is 0 Å². The largest absolute Gasteiger partial charge is 0.361 e. The Hall–Kier alpha value is -2.55. The van der Waals surface area contributed by atoms with E-state index in [9.17, 15) is 4.79 Å². The normalized spacial score (nSPS) is 11.6. The first-order valence-electron chi connectivity index (χ1n) is 6.26. The van der Waals surface area contributed by atoms with Gasteiger partial charge in [0.05, 0.1) is 16.7 Å². The number of hydrogen-bond acceptors (Lipinski definition) is 1. The van der Waals surface area contributed by atoms with Crippen LogP contribution in [0.3, 0.4) is 0 Å². The topological polar surface area (TPSA) is 48.6 Å². The zero-order valence-electron chi connectivity index (χ0n) is 10.4. The van der Waals surface area contributed by atoms with Crippen LogP contribution in [0.4, 0.5) is 0 Å². The van der Waals surface area contributed by atoms with E-state index in [1.807, 2.05) is 12.3 Å². The molecule has 0 aliphatic rings. The average molecular weight is 248 g/mol. The van der Waals surface area contributed by atoms with Crippen LogP contribution in [0.2, 0.25) is 0 Å². The van der Waals surface area contributed by atoms with Crippen LogP contribution < -0.4 is 0 Å². The lowest BCUT2D eigenvalue weighted by atomic mass is 10.1. The molecule has 0 unspecified atom stereocenters. The third-order valence-electron chi connectivity index (χ3n) is 3.69. The minimum absolute atomic E-state index is 0.0605. The van der Waals surface area contributed by atoms with Crippen LogP contribution in [0.5, 0.6) is 0 Å². The Morgan fingerprint density at radius 3 is 2.47 bits per heavy atom. The molecule has 4 rings (SSSR count). The van der Waals surface area contributed by atoms with Gasteiger partial charge in [0, 0.05) is 34.7 Å². The highest BCUT2D eigenvalue weighted by Crippen LogP contribution is 2.30. The fourth-order valence-corrected chi connectivity index (χ4v) is 2.73. The number of fused-ring (bicyclic) bond motifs is 5. The fourth-order valence-electron chi connectivity index (χ4n) is 2.73. The van der Waals surface area contributed by atoms with E-state index in [0.29, 0.717) is 5.69 Å². The second-order valence-electron chi connectivity index (χ2n) is 4.87. The first-order valence-corrected chi connectivity index (χ1v) is 6.26. The summed E-state index contributed by atoms with van der Waals surface area (Å²) in [6, 6.07) is 12.3. The summed E-state index contributed by atoms with van der Waals surface area (Å²) >= 11 is 0. The van der Waals surface area contributed by atoms with E-state index in [4.69, 9.17) is 0 Å². The zero-order valence-corrected chi connectivity index (χ0v) is 10.4. The Morgan fingerprint density at radius 1 is 0.947 bits per heavy atom. The molecule has 0 aliphatic carbocycles. The van der Waals surface area contributed by atoms with Crippen molar-refractivity contribution < 1.29 is 4.79 Å². The number of aromatic amines is 2. The highest BCUT2D eigenvalue weighted by molar-refractivity contribution is 6.16. The number of nitrogens with one attached hydrogen (secondary N) is 2. The molecule has 2 aromatic heterocycles. The first kappa shape index (κ1) is 10.4. The molecular formula is C16H12N2O. The smallest absolute Gasteiger partial charge is 0.175 e. The number of ketones is 1. The first-order chi connectivity index (χ1) is 9.24. The van der Waals surface area contributed by atoms with Crippen molar-refractivity contribution in [1.82, 2.24) is 9.97 Å². The molecule has 0 radical (unpaired) electrons. The predicted octanol–water partition coefficient (Wildman–Crippen LogP) is 4.01. The molecule has 19 heavy (non-hydrogen) atoms. The minimum atomic E-state index is 0.0605. The monoisotopic (exact) mass is 248 g/mol. The molecule has 4 aromatic rings. The van der Waals surface area contributed by atoms with Crippen molar-refractivity contribution in [2.45, 2.75) is 6.92 Å². The second kappa shape index (κ2) is 3.48. The summed E-state index contributed by atoms with van der Waals surface area (Å²) < 4.78 is 0. The molecule has 2 heterocycles. The van der Waals surface area contributed by atoms with E-state index < -0.39 is 0 Å². The molecule has 2 N–H and O–H groups in total. The van der Waals surface area contributed by atoms with Crippen LogP contribution in [0.1, 0.15) is 17.4 Å².